The van der Waals surface area contributed by atoms with E-state index in [-0.39, 0.29) is 16.1 Å². The summed E-state index contributed by atoms with van der Waals surface area (Å²) in [6.07, 6.45) is 2.15. The maximum absolute atomic E-state index is 12.1. The summed E-state index contributed by atoms with van der Waals surface area (Å²) in [6.45, 7) is 2.52. The molecule has 116 valence electrons. The number of carboxylic acid groups (broad SMARTS) is 1. The van der Waals surface area contributed by atoms with Crippen molar-refractivity contribution in [3.8, 4) is 0 Å². The number of carboxylic acids is 1. The monoisotopic (exact) mass is 329 g/mol. The van der Waals surface area contributed by atoms with E-state index in [1.54, 1.807) is 11.8 Å². The molecule has 1 atom stereocenters. The van der Waals surface area contributed by atoms with E-state index in [4.69, 9.17) is 5.11 Å². The molecule has 0 spiro atoms. The van der Waals surface area contributed by atoms with Gasteiger partial charge in [-0.15, -0.1) is 0 Å². The Bertz CT molecular complexity index is 604. The first-order valence-electron chi connectivity index (χ1n) is 6.73. The molecule has 1 heterocycles. The maximum Gasteiger partial charge on any atom is 0.335 e. The molecule has 0 aromatic heterocycles. The van der Waals surface area contributed by atoms with Crippen LogP contribution in [0.4, 0.5) is 0 Å². The van der Waals surface area contributed by atoms with E-state index in [2.05, 4.69) is 11.6 Å². The standard InChI is InChI=1S/C14H19NO4S2/c1-14(7-2-8-20-14)10-15-21(18,19)9-11-3-5-12(6-4-11)13(16)17/h3-6,15H,2,7-10H2,1H3,(H,16,17). The van der Waals surface area contributed by atoms with Gasteiger partial charge in [0.15, 0.2) is 0 Å². The highest BCUT2D eigenvalue weighted by molar-refractivity contribution is 8.01. The Morgan fingerprint density at radius 3 is 2.57 bits per heavy atom. The zero-order valence-corrected chi connectivity index (χ0v) is 13.5. The van der Waals surface area contributed by atoms with Crippen molar-refractivity contribution in [3.63, 3.8) is 0 Å². The molecule has 1 saturated heterocycles. The number of rotatable bonds is 6. The third-order valence-electron chi connectivity index (χ3n) is 3.52. The molecule has 7 heteroatoms. The van der Waals surface area contributed by atoms with E-state index in [1.165, 1.54) is 24.3 Å². The number of carbonyl (C=O) groups is 1. The van der Waals surface area contributed by atoms with Crippen LogP contribution in [-0.4, -0.2) is 36.5 Å². The van der Waals surface area contributed by atoms with Crippen molar-refractivity contribution in [2.24, 2.45) is 0 Å². The lowest BCUT2D eigenvalue weighted by Crippen LogP contribution is -2.37. The largest absolute Gasteiger partial charge is 0.478 e. The molecule has 0 bridgehead atoms. The van der Waals surface area contributed by atoms with Crippen LogP contribution in [0, 0.1) is 0 Å². The van der Waals surface area contributed by atoms with E-state index in [0.717, 1.165) is 18.6 Å². The average Bonchev–Trinajstić information content (AvgIpc) is 2.85. The minimum Gasteiger partial charge on any atom is -0.478 e. The second-order valence-electron chi connectivity index (χ2n) is 5.48. The number of hydrogen-bond donors (Lipinski definition) is 2. The summed E-state index contributed by atoms with van der Waals surface area (Å²) in [5.74, 6) is -0.0728. The van der Waals surface area contributed by atoms with Crippen LogP contribution in [0.25, 0.3) is 0 Å². The van der Waals surface area contributed by atoms with Crippen LogP contribution < -0.4 is 4.72 Å². The van der Waals surface area contributed by atoms with Crippen LogP contribution in [0.3, 0.4) is 0 Å². The van der Waals surface area contributed by atoms with Gasteiger partial charge in [0.2, 0.25) is 10.0 Å². The Morgan fingerprint density at radius 2 is 2.05 bits per heavy atom. The molecule has 1 aromatic rings. The fourth-order valence-corrected chi connectivity index (χ4v) is 4.86. The third-order valence-corrected chi connectivity index (χ3v) is 6.36. The zero-order valence-electron chi connectivity index (χ0n) is 11.8. The summed E-state index contributed by atoms with van der Waals surface area (Å²) in [5, 5.41) is 8.81. The van der Waals surface area contributed by atoms with Crippen LogP contribution in [0.1, 0.15) is 35.7 Å². The first-order valence-corrected chi connectivity index (χ1v) is 9.37. The van der Waals surface area contributed by atoms with Crippen LogP contribution in [-0.2, 0) is 15.8 Å². The molecule has 1 fully saturated rings. The summed E-state index contributed by atoms with van der Waals surface area (Å²) in [7, 11) is -3.40. The molecular weight excluding hydrogens is 310 g/mol. The Morgan fingerprint density at radius 1 is 1.38 bits per heavy atom. The molecule has 5 nitrogen and oxygen atoms in total. The van der Waals surface area contributed by atoms with Crippen molar-refractivity contribution in [2.45, 2.75) is 30.3 Å². The smallest absolute Gasteiger partial charge is 0.335 e. The first-order chi connectivity index (χ1) is 9.80. The molecule has 1 aliphatic heterocycles. The topological polar surface area (TPSA) is 83.5 Å². The average molecular weight is 329 g/mol. The molecule has 0 aliphatic carbocycles. The van der Waals surface area contributed by atoms with Gasteiger partial charge in [-0.2, -0.15) is 11.8 Å². The van der Waals surface area contributed by atoms with Crippen molar-refractivity contribution >= 4 is 27.8 Å². The molecule has 0 radical (unpaired) electrons. The summed E-state index contributed by atoms with van der Waals surface area (Å²) in [6, 6.07) is 5.91. The molecular formula is C14H19NO4S2. The van der Waals surface area contributed by atoms with Gasteiger partial charge in [-0.1, -0.05) is 12.1 Å². The fraction of sp³-hybridized carbons (Fsp3) is 0.500. The Kier molecular flexibility index (Phi) is 4.95. The lowest BCUT2D eigenvalue weighted by atomic mass is 10.1. The molecule has 1 aromatic carbocycles. The molecule has 1 unspecified atom stereocenters. The van der Waals surface area contributed by atoms with Crippen molar-refractivity contribution in [1.29, 1.82) is 0 Å². The van der Waals surface area contributed by atoms with Crippen LogP contribution in [0.15, 0.2) is 24.3 Å². The van der Waals surface area contributed by atoms with Crippen molar-refractivity contribution in [2.75, 3.05) is 12.3 Å². The van der Waals surface area contributed by atoms with E-state index >= 15 is 0 Å². The lowest BCUT2D eigenvalue weighted by Gasteiger charge is -2.22. The number of thioether (sulfide) groups is 1. The summed E-state index contributed by atoms with van der Waals surface area (Å²) >= 11 is 1.80. The zero-order chi connectivity index (χ0) is 15.5. The van der Waals surface area contributed by atoms with Gasteiger partial charge in [0.05, 0.1) is 11.3 Å². The highest BCUT2D eigenvalue weighted by atomic mass is 32.2. The van der Waals surface area contributed by atoms with Gasteiger partial charge in [-0.3, -0.25) is 0 Å². The quantitative estimate of drug-likeness (QED) is 0.835. The lowest BCUT2D eigenvalue weighted by molar-refractivity contribution is 0.0697. The van der Waals surface area contributed by atoms with Crippen LogP contribution >= 0.6 is 11.8 Å². The molecule has 2 rings (SSSR count). The fourth-order valence-electron chi connectivity index (χ4n) is 2.25. The second-order valence-corrected chi connectivity index (χ2v) is 8.97. The van der Waals surface area contributed by atoms with Gasteiger partial charge in [-0.25, -0.2) is 17.9 Å². The number of aromatic carboxylic acids is 1. The Labute approximate surface area is 129 Å². The summed E-state index contributed by atoms with van der Waals surface area (Å²) < 4.78 is 26.8. The first kappa shape index (κ1) is 16.3. The SMILES string of the molecule is CC1(CNS(=O)(=O)Cc2ccc(C(=O)O)cc2)CCCS1. The molecule has 21 heavy (non-hydrogen) atoms. The van der Waals surface area contributed by atoms with Gasteiger partial charge >= 0.3 is 5.97 Å². The highest BCUT2D eigenvalue weighted by Gasteiger charge is 2.30. The Hall–Kier alpha value is -1.05. The van der Waals surface area contributed by atoms with Crippen molar-refractivity contribution in [1.82, 2.24) is 4.72 Å². The summed E-state index contributed by atoms with van der Waals surface area (Å²) in [5.41, 5.74) is 0.732. The van der Waals surface area contributed by atoms with Crippen molar-refractivity contribution in [3.05, 3.63) is 35.4 Å². The maximum atomic E-state index is 12.1. The van der Waals surface area contributed by atoms with E-state index in [1.807, 2.05) is 0 Å². The second kappa shape index (κ2) is 6.37. The normalized spacial score (nSPS) is 22.3. The minimum absolute atomic E-state index is 0.0137. The van der Waals surface area contributed by atoms with Crippen LogP contribution in [0.5, 0.6) is 0 Å². The van der Waals surface area contributed by atoms with Gasteiger partial charge in [0.25, 0.3) is 0 Å². The number of hydrogen-bond acceptors (Lipinski definition) is 4. The number of nitrogens with one attached hydrogen (secondary N) is 1. The Balaban J connectivity index is 1.95. The molecule has 0 saturated carbocycles. The predicted molar refractivity (Wildman–Crippen MR) is 84.1 cm³/mol. The number of sulfonamides is 1. The van der Waals surface area contributed by atoms with Gasteiger partial charge < -0.3 is 5.11 Å². The van der Waals surface area contributed by atoms with E-state index in [0.29, 0.717) is 12.1 Å². The molecule has 0 amide bonds. The third kappa shape index (κ3) is 4.72. The molecule has 1 aliphatic rings. The van der Waals surface area contributed by atoms with Gasteiger partial charge in [0.1, 0.15) is 0 Å². The summed E-state index contributed by atoms with van der Waals surface area (Å²) in [4.78, 5) is 10.7. The van der Waals surface area contributed by atoms with E-state index < -0.39 is 16.0 Å². The molecule has 2 N–H and O–H groups in total. The van der Waals surface area contributed by atoms with Gasteiger partial charge in [0, 0.05) is 11.3 Å². The predicted octanol–water partition coefficient (Wildman–Crippen LogP) is 2.09. The van der Waals surface area contributed by atoms with E-state index in [9.17, 15) is 13.2 Å². The minimum atomic E-state index is -3.40. The highest BCUT2D eigenvalue weighted by Crippen LogP contribution is 2.37. The van der Waals surface area contributed by atoms with Crippen LogP contribution in [0.2, 0.25) is 0 Å². The number of benzene rings is 1. The van der Waals surface area contributed by atoms with Gasteiger partial charge in [-0.05, 0) is 43.2 Å². The van der Waals surface area contributed by atoms with Crippen molar-refractivity contribution < 1.29 is 18.3 Å².